The highest BCUT2D eigenvalue weighted by molar-refractivity contribution is 5.80. The second-order valence-electron chi connectivity index (χ2n) is 8.76. The summed E-state index contributed by atoms with van der Waals surface area (Å²) in [5.41, 5.74) is 4.71. The number of aromatic nitrogens is 5. The van der Waals surface area contributed by atoms with E-state index in [4.69, 9.17) is 4.52 Å². The van der Waals surface area contributed by atoms with Crippen LogP contribution in [0.4, 0.5) is 0 Å². The van der Waals surface area contributed by atoms with E-state index in [1.807, 2.05) is 41.3 Å². The van der Waals surface area contributed by atoms with Gasteiger partial charge in [0.15, 0.2) is 0 Å². The molecule has 0 aliphatic carbocycles. The SMILES string of the molecule is Cc1ccc(/C=C/c2nc(-c3ccc4c(c3)nnn4CCC(=O)N3CCCCCC3)no2)cc1. The van der Waals surface area contributed by atoms with E-state index >= 15 is 0 Å². The van der Waals surface area contributed by atoms with Gasteiger partial charge in [0, 0.05) is 31.1 Å². The Hall–Kier alpha value is -3.81. The van der Waals surface area contributed by atoms with Crippen LogP contribution in [-0.2, 0) is 11.3 Å². The molecule has 174 valence electrons. The van der Waals surface area contributed by atoms with Crippen molar-refractivity contribution in [3.63, 3.8) is 0 Å². The zero-order valence-electron chi connectivity index (χ0n) is 19.4. The van der Waals surface area contributed by atoms with Gasteiger partial charge < -0.3 is 9.42 Å². The first-order valence-corrected chi connectivity index (χ1v) is 11.9. The zero-order valence-corrected chi connectivity index (χ0v) is 19.4. The highest BCUT2D eigenvalue weighted by Gasteiger charge is 2.16. The van der Waals surface area contributed by atoms with Gasteiger partial charge in [-0.2, -0.15) is 4.98 Å². The average molecular weight is 457 g/mol. The van der Waals surface area contributed by atoms with Crippen LogP contribution < -0.4 is 0 Å². The Labute approximate surface area is 198 Å². The summed E-state index contributed by atoms with van der Waals surface area (Å²) in [4.78, 5) is 19.1. The van der Waals surface area contributed by atoms with E-state index < -0.39 is 0 Å². The lowest BCUT2D eigenvalue weighted by Gasteiger charge is -2.20. The highest BCUT2D eigenvalue weighted by atomic mass is 16.5. The van der Waals surface area contributed by atoms with Crippen molar-refractivity contribution < 1.29 is 9.32 Å². The molecule has 0 N–H and O–H groups in total. The van der Waals surface area contributed by atoms with Crippen LogP contribution in [-0.4, -0.2) is 49.0 Å². The second kappa shape index (κ2) is 9.99. The maximum atomic E-state index is 12.6. The molecule has 5 rings (SSSR count). The summed E-state index contributed by atoms with van der Waals surface area (Å²) in [5.74, 6) is 1.13. The average Bonchev–Trinajstić information content (AvgIpc) is 3.40. The van der Waals surface area contributed by atoms with Gasteiger partial charge in [0.25, 0.3) is 5.89 Å². The van der Waals surface area contributed by atoms with Crippen LogP contribution in [0.15, 0.2) is 47.0 Å². The van der Waals surface area contributed by atoms with Crippen LogP contribution in [0.5, 0.6) is 0 Å². The van der Waals surface area contributed by atoms with E-state index in [1.54, 1.807) is 10.8 Å². The normalized spacial score (nSPS) is 14.7. The molecule has 0 unspecified atom stereocenters. The Morgan fingerprint density at radius 1 is 1.03 bits per heavy atom. The van der Waals surface area contributed by atoms with Crippen molar-refractivity contribution in [1.29, 1.82) is 0 Å². The lowest BCUT2D eigenvalue weighted by molar-refractivity contribution is -0.131. The standard InChI is InChI=1S/C26H28N6O2/c1-19-6-8-20(9-7-19)10-13-24-27-26(29-34-24)21-11-12-23-22(18-21)28-30-32(23)17-14-25(33)31-15-4-2-3-5-16-31/h6-13,18H,2-5,14-17H2,1H3/b13-10+. The summed E-state index contributed by atoms with van der Waals surface area (Å²) in [6, 6.07) is 14.0. The van der Waals surface area contributed by atoms with Crippen LogP contribution in [0.1, 0.15) is 49.1 Å². The monoisotopic (exact) mass is 456 g/mol. The first-order valence-electron chi connectivity index (χ1n) is 11.9. The fourth-order valence-electron chi connectivity index (χ4n) is 4.22. The van der Waals surface area contributed by atoms with Crippen LogP contribution in [0.2, 0.25) is 0 Å². The van der Waals surface area contributed by atoms with Gasteiger partial charge >= 0.3 is 0 Å². The van der Waals surface area contributed by atoms with Gasteiger partial charge in [-0.15, -0.1) is 5.10 Å². The number of carbonyl (C=O) groups excluding carboxylic acids is 1. The van der Waals surface area contributed by atoms with Crippen molar-refractivity contribution in [2.75, 3.05) is 13.1 Å². The molecular formula is C26H28N6O2. The number of nitrogens with zero attached hydrogens (tertiary/aromatic N) is 6. The quantitative estimate of drug-likeness (QED) is 0.416. The van der Waals surface area contributed by atoms with E-state index in [1.165, 1.54) is 18.4 Å². The second-order valence-corrected chi connectivity index (χ2v) is 8.76. The molecule has 0 bridgehead atoms. The number of hydrogen-bond acceptors (Lipinski definition) is 6. The molecule has 1 saturated heterocycles. The summed E-state index contributed by atoms with van der Waals surface area (Å²) in [5, 5.41) is 12.7. The van der Waals surface area contributed by atoms with Crippen LogP contribution >= 0.6 is 0 Å². The van der Waals surface area contributed by atoms with Gasteiger partial charge in [0.2, 0.25) is 11.7 Å². The number of likely N-dealkylation sites (tertiary alicyclic amines) is 1. The third kappa shape index (κ3) is 5.06. The molecule has 2 aromatic carbocycles. The predicted octanol–water partition coefficient (Wildman–Crippen LogP) is 4.75. The molecular weight excluding hydrogens is 428 g/mol. The first-order chi connectivity index (χ1) is 16.7. The molecule has 4 aromatic rings. The predicted molar refractivity (Wildman–Crippen MR) is 131 cm³/mol. The molecule has 1 amide bonds. The molecule has 0 saturated carbocycles. The number of benzene rings is 2. The van der Waals surface area contributed by atoms with E-state index in [0.717, 1.165) is 48.1 Å². The van der Waals surface area contributed by atoms with Crippen molar-refractivity contribution in [1.82, 2.24) is 30.0 Å². The van der Waals surface area contributed by atoms with Crippen molar-refractivity contribution in [3.05, 3.63) is 59.5 Å². The largest absolute Gasteiger partial charge is 0.343 e. The van der Waals surface area contributed by atoms with E-state index in [9.17, 15) is 4.79 Å². The Balaban J connectivity index is 1.25. The van der Waals surface area contributed by atoms with Gasteiger partial charge in [-0.1, -0.05) is 53.0 Å². The van der Waals surface area contributed by atoms with E-state index in [2.05, 4.69) is 39.5 Å². The third-order valence-corrected chi connectivity index (χ3v) is 6.21. The summed E-state index contributed by atoms with van der Waals surface area (Å²) in [6.45, 7) is 4.31. The third-order valence-electron chi connectivity index (χ3n) is 6.21. The summed E-state index contributed by atoms with van der Waals surface area (Å²) >= 11 is 0. The molecule has 34 heavy (non-hydrogen) atoms. The molecule has 1 aliphatic heterocycles. The van der Waals surface area contributed by atoms with Gasteiger partial charge in [-0.05, 0) is 49.6 Å². The lowest BCUT2D eigenvalue weighted by atomic mass is 10.1. The van der Waals surface area contributed by atoms with Crippen LogP contribution in [0.3, 0.4) is 0 Å². The number of aryl methyl sites for hydroxylation is 2. The molecule has 8 nitrogen and oxygen atoms in total. The molecule has 8 heteroatoms. The fourth-order valence-corrected chi connectivity index (χ4v) is 4.22. The Kier molecular flexibility index (Phi) is 6.46. The van der Waals surface area contributed by atoms with Gasteiger partial charge in [0.1, 0.15) is 5.52 Å². The number of rotatable bonds is 6. The Bertz CT molecular complexity index is 1300. The number of amides is 1. The molecule has 0 radical (unpaired) electrons. The summed E-state index contributed by atoms with van der Waals surface area (Å²) in [6.07, 6.45) is 8.80. The molecule has 0 spiro atoms. The van der Waals surface area contributed by atoms with Crippen molar-refractivity contribution in [2.45, 2.75) is 45.6 Å². The van der Waals surface area contributed by atoms with Crippen LogP contribution in [0.25, 0.3) is 34.6 Å². The fraction of sp³-hybridized carbons (Fsp3) is 0.346. The molecule has 1 aliphatic rings. The van der Waals surface area contributed by atoms with Crippen molar-refractivity contribution in [2.24, 2.45) is 0 Å². The molecule has 0 atom stereocenters. The summed E-state index contributed by atoms with van der Waals surface area (Å²) < 4.78 is 7.17. The summed E-state index contributed by atoms with van der Waals surface area (Å²) in [7, 11) is 0. The van der Waals surface area contributed by atoms with Gasteiger partial charge in [-0.3, -0.25) is 4.79 Å². The van der Waals surface area contributed by atoms with E-state index in [-0.39, 0.29) is 5.91 Å². The topological polar surface area (TPSA) is 89.9 Å². The maximum Gasteiger partial charge on any atom is 0.250 e. The van der Waals surface area contributed by atoms with Crippen LogP contribution in [0, 0.1) is 6.92 Å². The smallest absolute Gasteiger partial charge is 0.250 e. The highest BCUT2D eigenvalue weighted by Crippen LogP contribution is 2.22. The Morgan fingerprint density at radius 3 is 2.62 bits per heavy atom. The minimum absolute atomic E-state index is 0.195. The maximum absolute atomic E-state index is 12.6. The number of carbonyl (C=O) groups is 1. The first kappa shape index (κ1) is 22.0. The molecule has 3 heterocycles. The minimum Gasteiger partial charge on any atom is -0.343 e. The zero-order chi connectivity index (χ0) is 23.3. The molecule has 1 fully saturated rings. The molecule has 2 aromatic heterocycles. The van der Waals surface area contributed by atoms with Gasteiger partial charge in [0.05, 0.1) is 12.1 Å². The lowest BCUT2D eigenvalue weighted by Crippen LogP contribution is -2.32. The van der Waals surface area contributed by atoms with Crippen molar-refractivity contribution >= 4 is 29.1 Å². The van der Waals surface area contributed by atoms with E-state index in [0.29, 0.717) is 24.7 Å². The van der Waals surface area contributed by atoms with Crippen molar-refractivity contribution in [3.8, 4) is 11.4 Å². The number of fused-ring (bicyclic) bond motifs is 1. The Morgan fingerprint density at radius 2 is 1.82 bits per heavy atom. The van der Waals surface area contributed by atoms with Gasteiger partial charge in [-0.25, -0.2) is 4.68 Å². The number of hydrogen-bond donors (Lipinski definition) is 0. The minimum atomic E-state index is 0.195.